The number of benzene rings is 2. The summed E-state index contributed by atoms with van der Waals surface area (Å²) in [6.45, 7) is 0.890. The summed E-state index contributed by atoms with van der Waals surface area (Å²) in [5.74, 6) is 1.88. The maximum Gasteiger partial charge on any atom is 0.430 e. The van der Waals surface area contributed by atoms with E-state index in [1.807, 2.05) is 0 Å². The molecule has 0 bridgehead atoms. The van der Waals surface area contributed by atoms with Crippen molar-refractivity contribution < 1.29 is 49.4 Å². The lowest BCUT2D eigenvalue weighted by Crippen LogP contribution is -2.54. The Morgan fingerprint density at radius 3 is 2.20 bits per heavy atom. The number of hydrogen-bond donors (Lipinski definition) is 2. The van der Waals surface area contributed by atoms with Crippen molar-refractivity contribution in [3.8, 4) is 12.3 Å². The molecule has 2 aliphatic heterocycles. The van der Waals surface area contributed by atoms with Crippen LogP contribution < -0.4 is 9.62 Å². The Labute approximate surface area is 232 Å². The van der Waals surface area contributed by atoms with Crippen molar-refractivity contribution in [2.24, 2.45) is 0 Å². The Morgan fingerprint density at radius 1 is 1.02 bits per heavy atom. The van der Waals surface area contributed by atoms with Crippen molar-refractivity contribution in [2.75, 3.05) is 17.5 Å². The highest BCUT2D eigenvalue weighted by molar-refractivity contribution is 7.92. The standard InChI is InChI=1S/C27H26F6N2O5S/c1-2-17-3-8-22(9-4-17)41(38,39)35-21(16-24(36)34-20-11-13-40-14-12-20)7-5-18-15-19(6-10-23(18)35)25(37,26(28,29)30)27(31,32)33/h1,3-4,6,8-10,15,20-21,37H,5,7,11-14,16H2,(H,34,36)/t21-/m0/s1. The molecule has 2 heterocycles. The molecule has 7 nitrogen and oxygen atoms in total. The second kappa shape index (κ2) is 11.2. The van der Waals surface area contributed by atoms with Crippen molar-refractivity contribution in [1.82, 2.24) is 5.32 Å². The molecular weight excluding hydrogens is 578 g/mol. The van der Waals surface area contributed by atoms with Gasteiger partial charge in [0.15, 0.2) is 0 Å². The number of carbonyl (C=O) groups excluding carboxylic acids is 1. The monoisotopic (exact) mass is 604 g/mol. The molecule has 1 amide bonds. The van der Waals surface area contributed by atoms with E-state index in [9.17, 15) is 44.7 Å². The van der Waals surface area contributed by atoms with Crippen LogP contribution in [-0.4, -0.2) is 57.1 Å². The molecule has 1 fully saturated rings. The predicted octanol–water partition coefficient (Wildman–Crippen LogP) is 4.18. The van der Waals surface area contributed by atoms with Gasteiger partial charge in [0.25, 0.3) is 15.6 Å². The highest BCUT2D eigenvalue weighted by Gasteiger charge is 2.71. The minimum Gasteiger partial charge on any atom is -0.381 e. The summed E-state index contributed by atoms with van der Waals surface area (Å²) in [5, 5.41) is 12.7. The lowest BCUT2D eigenvalue weighted by Gasteiger charge is -2.39. The van der Waals surface area contributed by atoms with Gasteiger partial charge in [0.1, 0.15) is 0 Å². The van der Waals surface area contributed by atoms with Gasteiger partial charge in [0.2, 0.25) is 5.91 Å². The van der Waals surface area contributed by atoms with Gasteiger partial charge < -0.3 is 15.2 Å². The molecule has 2 aromatic rings. The first-order valence-corrected chi connectivity index (χ1v) is 14.0. The number of nitrogens with zero attached hydrogens (tertiary/aromatic N) is 1. The molecule has 2 aromatic carbocycles. The van der Waals surface area contributed by atoms with Crippen LogP contribution in [0.3, 0.4) is 0 Å². The second-order valence-corrected chi connectivity index (χ2v) is 11.7. The number of terminal acetylenes is 1. The molecule has 0 aliphatic carbocycles. The second-order valence-electron chi connectivity index (χ2n) is 9.87. The summed E-state index contributed by atoms with van der Waals surface area (Å²) in [6, 6.07) is 5.68. The molecule has 222 valence electrons. The van der Waals surface area contributed by atoms with Gasteiger partial charge in [0, 0.05) is 36.8 Å². The van der Waals surface area contributed by atoms with Gasteiger partial charge in [-0.05, 0) is 61.6 Å². The molecule has 2 aliphatic rings. The number of aryl methyl sites for hydroxylation is 1. The van der Waals surface area contributed by atoms with Gasteiger partial charge in [-0.25, -0.2) is 8.42 Å². The minimum absolute atomic E-state index is 0.0875. The molecular formula is C27H26F6N2O5S. The van der Waals surface area contributed by atoms with Crippen LogP contribution in [0.2, 0.25) is 0 Å². The average Bonchev–Trinajstić information content (AvgIpc) is 2.91. The number of anilines is 1. The van der Waals surface area contributed by atoms with E-state index >= 15 is 0 Å². The van der Waals surface area contributed by atoms with E-state index in [2.05, 4.69) is 11.2 Å². The molecule has 0 unspecified atom stereocenters. The summed E-state index contributed by atoms with van der Waals surface area (Å²) in [4.78, 5) is 12.7. The number of alkyl halides is 6. The first-order chi connectivity index (χ1) is 19.1. The summed E-state index contributed by atoms with van der Waals surface area (Å²) in [5.41, 5.74) is -6.67. The zero-order valence-electron chi connectivity index (χ0n) is 21.4. The van der Waals surface area contributed by atoms with Crippen LogP contribution >= 0.6 is 0 Å². The minimum atomic E-state index is -6.11. The van der Waals surface area contributed by atoms with Gasteiger partial charge in [-0.15, -0.1) is 6.42 Å². The molecule has 41 heavy (non-hydrogen) atoms. The fraction of sp³-hybridized carbons (Fsp3) is 0.444. The van der Waals surface area contributed by atoms with E-state index in [0.717, 1.165) is 10.4 Å². The highest BCUT2D eigenvalue weighted by Crippen LogP contribution is 2.51. The zero-order valence-corrected chi connectivity index (χ0v) is 22.2. The summed E-state index contributed by atoms with van der Waals surface area (Å²) >= 11 is 0. The molecule has 1 saturated heterocycles. The third-order valence-electron chi connectivity index (χ3n) is 7.22. The van der Waals surface area contributed by atoms with Crippen LogP contribution in [0.5, 0.6) is 0 Å². The number of fused-ring (bicyclic) bond motifs is 1. The lowest BCUT2D eigenvalue weighted by atomic mass is 9.87. The number of sulfonamides is 1. The Kier molecular flexibility index (Phi) is 8.37. The third-order valence-corrected chi connectivity index (χ3v) is 9.10. The summed E-state index contributed by atoms with van der Waals surface area (Å²) in [7, 11) is -4.48. The van der Waals surface area contributed by atoms with Crippen molar-refractivity contribution in [3.63, 3.8) is 0 Å². The van der Waals surface area contributed by atoms with Crippen LogP contribution in [0, 0.1) is 12.3 Å². The molecule has 2 N–H and O–H groups in total. The molecule has 1 atom stereocenters. The van der Waals surface area contributed by atoms with Gasteiger partial charge in [-0.1, -0.05) is 18.1 Å². The quantitative estimate of drug-likeness (QED) is 0.381. The fourth-order valence-corrected chi connectivity index (χ4v) is 6.76. The van der Waals surface area contributed by atoms with Crippen molar-refractivity contribution in [3.05, 3.63) is 59.2 Å². The van der Waals surface area contributed by atoms with E-state index in [0.29, 0.717) is 43.8 Å². The van der Waals surface area contributed by atoms with E-state index in [1.165, 1.54) is 24.3 Å². The van der Waals surface area contributed by atoms with Gasteiger partial charge >= 0.3 is 12.4 Å². The number of amides is 1. The Hall–Kier alpha value is -3.28. The van der Waals surface area contributed by atoms with E-state index in [-0.39, 0.29) is 41.5 Å². The third kappa shape index (κ3) is 5.89. The molecule has 0 aromatic heterocycles. The molecule has 0 saturated carbocycles. The van der Waals surface area contributed by atoms with Gasteiger partial charge in [0.05, 0.1) is 16.6 Å². The van der Waals surface area contributed by atoms with E-state index in [4.69, 9.17) is 11.2 Å². The number of hydrogen-bond acceptors (Lipinski definition) is 5. The smallest absolute Gasteiger partial charge is 0.381 e. The zero-order chi connectivity index (χ0) is 30.2. The number of rotatable bonds is 6. The largest absolute Gasteiger partial charge is 0.430 e. The van der Waals surface area contributed by atoms with Crippen LogP contribution in [0.25, 0.3) is 0 Å². The SMILES string of the molecule is C#Cc1ccc(S(=O)(=O)N2c3ccc(C(O)(C(F)(F)F)C(F)(F)F)cc3CC[C@H]2CC(=O)NC2CCOCC2)cc1. The number of carbonyl (C=O) groups is 1. The first-order valence-electron chi connectivity index (χ1n) is 12.6. The van der Waals surface area contributed by atoms with Crippen LogP contribution in [0.1, 0.15) is 42.4 Å². The lowest BCUT2D eigenvalue weighted by molar-refractivity contribution is -0.376. The predicted molar refractivity (Wildman–Crippen MR) is 135 cm³/mol. The number of aliphatic hydroxyl groups is 1. The van der Waals surface area contributed by atoms with Crippen LogP contribution in [-0.2, 0) is 31.6 Å². The normalized spacial score (nSPS) is 18.9. The summed E-state index contributed by atoms with van der Waals surface area (Å²) in [6.07, 6.45) is -6.30. The van der Waals surface area contributed by atoms with E-state index < -0.39 is 45.5 Å². The number of ether oxygens (including phenoxy) is 1. The first kappa shape index (κ1) is 30.7. The van der Waals surface area contributed by atoms with Gasteiger partial charge in [-0.2, -0.15) is 26.3 Å². The molecule has 0 radical (unpaired) electrons. The van der Waals surface area contributed by atoms with Crippen molar-refractivity contribution in [2.45, 2.75) is 67.0 Å². The Bertz CT molecular complexity index is 1410. The topological polar surface area (TPSA) is 95.9 Å². The molecule has 14 heteroatoms. The van der Waals surface area contributed by atoms with Crippen molar-refractivity contribution in [1.29, 1.82) is 0 Å². The Morgan fingerprint density at radius 2 is 1.63 bits per heavy atom. The maximum absolute atomic E-state index is 13.8. The molecule has 0 spiro atoms. The van der Waals surface area contributed by atoms with E-state index in [1.54, 1.807) is 0 Å². The van der Waals surface area contributed by atoms with Crippen LogP contribution in [0.4, 0.5) is 32.0 Å². The number of nitrogens with one attached hydrogen (secondary N) is 1. The van der Waals surface area contributed by atoms with Crippen LogP contribution in [0.15, 0.2) is 47.4 Å². The maximum atomic E-state index is 13.8. The van der Waals surface area contributed by atoms with Crippen molar-refractivity contribution >= 4 is 21.6 Å². The van der Waals surface area contributed by atoms with Gasteiger partial charge in [-0.3, -0.25) is 9.10 Å². The summed E-state index contributed by atoms with van der Waals surface area (Å²) < 4.78 is 115. The Balaban J connectivity index is 1.77. The highest BCUT2D eigenvalue weighted by atomic mass is 32.2. The average molecular weight is 605 g/mol. The fourth-order valence-electron chi connectivity index (χ4n) is 5.04. The molecule has 4 rings (SSSR count). The number of halogens is 6.